The Morgan fingerprint density at radius 1 is 0.511 bits per heavy atom. The van der Waals surface area contributed by atoms with Crippen molar-refractivity contribution in [2.75, 3.05) is 6.61 Å². The van der Waals surface area contributed by atoms with E-state index >= 15 is 0 Å². The lowest BCUT2D eigenvalue weighted by Gasteiger charge is -2.50. The molecule has 1 fully saturated rings. The van der Waals surface area contributed by atoms with E-state index in [1.54, 1.807) is 0 Å². The number of hydrogen-bond acceptors (Lipinski definition) is 6. The lowest BCUT2D eigenvalue weighted by Crippen LogP contribution is -2.69. The summed E-state index contributed by atoms with van der Waals surface area (Å²) in [5.41, 5.74) is 5.32. The summed E-state index contributed by atoms with van der Waals surface area (Å²) in [6, 6.07) is 48.7. The number of hydrogen-bond donors (Lipinski definition) is 0. The lowest BCUT2D eigenvalue weighted by molar-refractivity contribution is -0.355. The van der Waals surface area contributed by atoms with Crippen molar-refractivity contribution in [1.82, 2.24) is 0 Å². The Bertz CT molecular complexity index is 1640. The maximum atomic E-state index is 7.06. The zero-order chi connectivity index (χ0) is 31.7. The molecule has 0 amide bonds. The highest BCUT2D eigenvalue weighted by molar-refractivity contribution is 5.39. The summed E-state index contributed by atoms with van der Waals surface area (Å²) in [5, 5.41) is 0. The SMILES string of the molecule is c1ccc(COC[C@H]2O[C@@]3(Cc4ccccc4O3)[C@H](OCc3ccccc3)[C@@H](OCc3ccccc3)[C@@H]2OCc2ccccc2)cc1. The van der Waals surface area contributed by atoms with Gasteiger partial charge in [-0.25, -0.2) is 0 Å². The molecule has 5 atom stereocenters. The summed E-state index contributed by atoms with van der Waals surface area (Å²) >= 11 is 0. The third kappa shape index (κ3) is 7.65. The van der Waals surface area contributed by atoms with Crippen LogP contribution in [0.15, 0.2) is 146 Å². The van der Waals surface area contributed by atoms with E-state index in [-0.39, 0.29) is 6.61 Å². The molecule has 5 aromatic rings. The fraction of sp³-hybridized carbons (Fsp3) is 0.268. The summed E-state index contributed by atoms with van der Waals surface area (Å²) in [7, 11) is 0. The van der Waals surface area contributed by atoms with Gasteiger partial charge in [0.05, 0.1) is 33.0 Å². The molecule has 47 heavy (non-hydrogen) atoms. The highest BCUT2D eigenvalue weighted by Gasteiger charge is 2.60. The van der Waals surface area contributed by atoms with Crippen LogP contribution in [0, 0.1) is 0 Å². The topological polar surface area (TPSA) is 55.4 Å². The summed E-state index contributed by atoms with van der Waals surface area (Å²) in [4.78, 5) is 0. The molecule has 240 valence electrons. The molecule has 0 bridgehead atoms. The summed E-state index contributed by atoms with van der Waals surface area (Å²) in [6.07, 6.45) is -1.68. The lowest BCUT2D eigenvalue weighted by atomic mass is 9.89. The average Bonchev–Trinajstić information content (AvgIpc) is 3.50. The first kappa shape index (κ1) is 31.3. The van der Waals surface area contributed by atoms with Gasteiger partial charge in [0.15, 0.2) is 6.10 Å². The molecule has 0 radical (unpaired) electrons. The minimum atomic E-state index is -1.15. The molecule has 0 unspecified atom stereocenters. The molecule has 0 saturated carbocycles. The second kappa shape index (κ2) is 15.1. The molecule has 7 rings (SSSR count). The first-order valence-electron chi connectivity index (χ1n) is 16.3. The number of benzene rings is 5. The van der Waals surface area contributed by atoms with Gasteiger partial charge in [-0.3, -0.25) is 0 Å². The van der Waals surface area contributed by atoms with Crippen LogP contribution in [0.2, 0.25) is 0 Å². The third-order valence-corrected chi connectivity index (χ3v) is 8.70. The first-order valence-corrected chi connectivity index (χ1v) is 16.3. The van der Waals surface area contributed by atoms with Crippen LogP contribution in [0.5, 0.6) is 5.75 Å². The third-order valence-electron chi connectivity index (χ3n) is 8.70. The molecule has 1 spiro atoms. The Hall–Kier alpha value is -4.30. The predicted molar refractivity (Wildman–Crippen MR) is 180 cm³/mol. The van der Waals surface area contributed by atoms with E-state index in [0.717, 1.165) is 33.6 Å². The van der Waals surface area contributed by atoms with Gasteiger partial charge in [0.25, 0.3) is 0 Å². The fourth-order valence-electron chi connectivity index (χ4n) is 6.38. The average molecular weight is 629 g/mol. The van der Waals surface area contributed by atoms with Crippen LogP contribution in [0.4, 0.5) is 0 Å². The van der Waals surface area contributed by atoms with Crippen LogP contribution in [0.3, 0.4) is 0 Å². The van der Waals surface area contributed by atoms with Crippen molar-refractivity contribution in [3.05, 3.63) is 173 Å². The second-order valence-corrected chi connectivity index (χ2v) is 12.1. The number of rotatable bonds is 13. The number of ether oxygens (including phenoxy) is 6. The van der Waals surface area contributed by atoms with E-state index in [0.29, 0.717) is 32.8 Å². The standard InChI is InChI=1S/C41H40O6/c1-5-15-31(16-6-1)26-42-30-37-38(43-27-32-17-7-2-8-18-32)39(44-28-33-19-9-3-10-20-33)40(45-29-34-21-11-4-12-22-34)41(47-37)25-35-23-13-14-24-36(35)46-41/h1-24,37-40H,25-30H2/t37-,38-,39+,40-,41+/m1/s1. The Morgan fingerprint density at radius 3 is 1.53 bits per heavy atom. The van der Waals surface area contributed by atoms with Crippen LogP contribution in [0.1, 0.15) is 27.8 Å². The van der Waals surface area contributed by atoms with Crippen molar-refractivity contribution in [3.8, 4) is 5.75 Å². The number of fused-ring (bicyclic) bond motifs is 1. The fourth-order valence-corrected chi connectivity index (χ4v) is 6.38. The van der Waals surface area contributed by atoms with Crippen LogP contribution in [0.25, 0.3) is 0 Å². The van der Waals surface area contributed by atoms with E-state index < -0.39 is 30.2 Å². The largest absolute Gasteiger partial charge is 0.459 e. The van der Waals surface area contributed by atoms with Gasteiger partial charge in [-0.2, -0.15) is 0 Å². The van der Waals surface area contributed by atoms with E-state index in [1.165, 1.54) is 0 Å². The molecule has 1 saturated heterocycles. The Morgan fingerprint density at radius 2 is 0.979 bits per heavy atom. The second-order valence-electron chi connectivity index (χ2n) is 12.1. The highest BCUT2D eigenvalue weighted by atomic mass is 16.7. The maximum Gasteiger partial charge on any atom is 0.244 e. The molecule has 0 aromatic heterocycles. The van der Waals surface area contributed by atoms with Crippen LogP contribution >= 0.6 is 0 Å². The van der Waals surface area contributed by atoms with Crippen molar-refractivity contribution >= 4 is 0 Å². The zero-order valence-corrected chi connectivity index (χ0v) is 26.4. The molecule has 0 N–H and O–H groups in total. The van der Waals surface area contributed by atoms with Gasteiger partial charge in [-0.05, 0) is 28.3 Å². The maximum absolute atomic E-state index is 7.06. The van der Waals surface area contributed by atoms with E-state index in [4.69, 9.17) is 28.4 Å². The molecule has 6 heteroatoms. The molecule has 6 nitrogen and oxygen atoms in total. The van der Waals surface area contributed by atoms with Crippen LogP contribution in [-0.4, -0.2) is 36.8 Å². The van der Waals surface area contributed by atoms with Gasteiger partial charge in [0.1, 0.15) is 24.1 Å². The molecular formula is C41H40O6. The van der Waals surface area contributed by atoms with Gasteiger partial charge in [0, 0.05) is 12.0 Å². The highest BCUT2D eigenvalue weighted by Crippen LogP contribution is 2.45. The summed E-state index contributed by atoms with van der Waals surface area (Å²) in [5.74, 6) is -0.358. The molecule has 0 aliphatic carbocycles. The number of para-hydroxylation sites is 1. The van der Waals surface area contributed by atoms with Crippen molar-refractivity contribution in [2.24, 2.45) is 0 Å². The molecular weight excluding hydrogens is 588 g/mol. The van der Waals surface area contributed by atoms with E-state index in [1.807, 2.05) is 91.0 Å². The molecule has 2 aliphatic rings. The Labute approximate surface area is 276 Å². The van der Waals surface area contributed by atoms with Gasteiger partial charge in [0.2, 0.25) is 5.79 Å². The normalized spacial score (nSPS) is 23.3. The van der Waals surface area contributed by atoms with Gasteiger partial charge >= 0.3 is 0 Å². The van der Waals surface area contributed by atoms with Crippen molar-refractivity contribution in [2.45, 2.75) is 63.1 Å². The quantitative estimate of drug-likeness (QED) is 0.133. The van der Waals surface area contributed by atoms with Gasteiger partial charge in [-0.15, -0.1) is 0 Å². The summed E-state index contributed by atoms with van der Waals surface area (Å²) < 4.78 is 40.7. The zero-order valence-electron chi connectivity index (χ0n) is 26.4. The Balaban J connectivity index is 1.24. The summed E-state index contributed by atoms with van der Waals surface area (Å²) in [6.45, 7) is 1.86. The van der Waals surface area contributed by atoms with Crippen molar-refractivity contribution < 1.29 is 28.4 Å². The molecule has 2 heterocycles. The van der Waals surface area contributed by atoms with E-state index in [2.05, 4.69) is 54.6 Å². The first-order chi connectivity index (χ1) is 23.3. The van der Waals surface area contributed by atoms with Gasteiger partial charge in [-0.1, -0.05) is 140 Å². The van der Waals surface area contributed by atoms with Crippen molar-refractivity contribution in [3.63, 3.8) is 0 Å². The van der Waals surface area contributed by atoms with Gasteiger partial charge < -0.3 is 28.4 Å². The predicted octanol–water partition coefficient (Wildman–Crippen LogP) is 7.69. The van der Waals surface area contributed by atoms with E-state index in [9.17, 15) is 0 Å². The molecule has 5 aromatic carbocycles. The monoisotopic (exact) mass is 628 g/mol. The van der Waals surface area contributed by atoms with Crippen LogP contribution in [-0.2, 0) is 56.5 Å². The smallest absolute Gasteiger partial charge is 0.244 e. The van der Waals surface area contributed by atoms with Crippen molar-refractivity contribution in [1.29, 1.82) is 0 Å². The minimum absolute atomic E-state index is 0.284. The molecule has 2 aliphatic heterocycles. The van der Waals surface area contributed by atoms with Crippen LogP contribution < -0.4 is 4.74 Å². The Kier molecular flexibility index (Phi) is 10.0. The minimum Gasteiger partial charge on any atom is -0.459 e.